The van der Waals surface area contributed by atoms with Gasteiger partial charge in [0, 0.05) is 18.2 Å². The number of benzene rings is 1. The number of hydrogen-bond donors (Lipinski definition) is 0. The van der Waals surface area contributed by atoms with Gasteiger partial charge in [-0.2, -0.15) is 0 Å². The van der Waals surface area contributed by atoms with Gasteiger partial charge in [-0.1, -0.05) is 23.4 Å². The lowest BCUT2D eigenvalue weighted by Gasteiger charge is -2.23. The molecule has 29 heavy (non-hydrogen) atoms. The van der Waals surface area contributed by atoms with E-state index in [4.69, 9.17) is 4.52 Å². The molecule has 0 aliphatic heterocycles. The number of nitrogens with zero attached hydrogens (tertiary/aromatic N) is 4. The highest BCUT2D eigenvalue weighted by atomic mass is 32.2. The van der Waals surface area contributed by atoms with Crippen LogP contribution in [0.15, 0.2) is 52.5 Å². The molecule has 0 saturated carbocycles. The summed E-state index contributed by atoms with van der Waals surface area (Å²) in [6, 6.07) is 8.06. The predicted octanol–water partition coefficient (Wildman–Crippen LogP) is 3.43. The molecule has 1 aromatic carbocycles. The first-order valence-corrected chi connectivity index (χ1v) is 10.9. The minimum absolute atomic E-state index is 0.0479. The van der Waals surface area contributed by atoms with Crippen LogP contribution in [0.5, 0.6) is 0 Å². The van der Waals surface area contributed by atoms with Crippen LogP contribution in [0.4, 0.5) is 4.39 Å². The maximum absolute atomic E-state index is 14.3. The van der Waals surface area contributed by atoms with Crippen LogP contribution in [0, 0.1) is 5.82 Å². The van der Waals surface area contributed by atoms with Crippen LogP contribution in [-0.4, -0.2) is 40.3 Å². The third-order valence-electron chi connectivity index (χ3n) is 5.02. The molecule has 0 saturated heterocycles. The second-order valence-electron chi connectivity index (χ2n) is 7.32. The standard InChI is InChI=1S/C20H25FN4O3S/c1-14(2)29(26,27)20-22-11-17(13-24(4)15(3)19-9-10-28-23-19)25(20)12-16-7-5-6-8-18(16)21/h5-11,14-15H,12-13H2,1-4H3. The van der Waals surface area contributed by atoms with Crippen molar-refractivity contribution in [2.45, 2.75) is 50.3 Å². The van der Waals surface area contributed by atoms with Gasteiger partial charge in [0.1, 0.15) is 17.8 Å². The van der Waals surface area contributed by atoms with E-state index in [1.54, 1.807) is 48.9 Å². The van der Waals surface area contributed by atoms with Crippen molar-refractivity contribution in [3.8, 4) is 0 Å². The van der Waals surface area contributed by atoms with Crippen molar-refractivity contribution in [2.75, 3.05) is 7.05 Å². The molecule has 3 rings (SSSR count). The molecule has 9 heteroatoms. The molecule has 2 heterocycles. The molecule has 0 bridgehead atoms. The van der Waals surface area contributed by atoms with Crippen molar-refractivity contribution in [3.05, 3.63) is 65.6 Å². The van der Waals surface area contributed by atoms with Crippen LogP contribution >= 0.6 is 0 Å². The zero-order valence-electron chi connectivity index (χ0n) is 16.9. The lowest BCUT2D eigenvalue weighted by molar-refractivity contribution is 0.234. The van der Waals surface area contributed by atoms with Crippen LogP contribution in [0.3, 0.4) is 0 Å². The summed E-state index contributed by atoms with van der Waals surface area (Å²) < 4.78 is 46.4. The molecular weight excluding hydrogens is 395 g/mol. The molecule has 0 fully saturated rings. The molecule has 0 spiro atoms. The first-order chi connectivity index (χ1) is 13.7. The normalized spacial score (nSPS) is 13.3. The largest absolute Gasteiger partial charge is 0.364 e. The smallest absolute Gasteiger partial charge is 0.228 e. The number of aromatic nitrogens is 3. The summed E-state index contributed by atoms with van der Waals surface area (Å²) in [7, 11) is -1.74. The molecule has 156 valence electrons. The second-order valence-corrected chi connectivity index (χ2v) is 9.72. The number of halogens is 1. The van der Waals surface area contributed by atoms with E-state index in [1.807, 2.05) is 18.9 Å². The van der Waals surface area contributed by atoms with Crippen molar-refractivity contribution in [2.24, 2.45) is 0 Å². The van der Waals surface area contributed by atoms with E-state index >= 15 is 0 Å². The van der Waals surface area contributed by atoms with Gasteiger partial charge in [-0.05, 0) is 33.9 Å². The minimum Gasteiger partial charge on any atom is -0.364 e. The maximum atomic E-state index is 14.3. The van der Waals surface area contributed by atoms with E-state index < -0.39 is 15.1 Å². The first kappa shape index (κ1) is 21.2. The lowest BCUT2D eigenvalue weighted by Crippen LogP contribution is -2.25. The molecule has 0 N–H and O–H groups in total. The Morgan fingerprint density at radius 1 is 1.21 bits per heavy atom. The zero-order valence-corrected chi connectivity index (χ0v) is 17.7. The van der Waals surface area contributed by atoms with E-state index in [1.165, 1.54) is 12.3 Å². The quantitative estimate of drug-likeness (QED) is 0.555. The van der Waals surface area contributed by atoms with Crippen LogP contribution in [0.2, 0.25) is 0 Å². The molecule has 3 aromatic rings. The molecular formula is C20H25FN4O3S. The minimum atomic E-state index is -3.64. The van der Waals surface area contributed by atoms with E-state index in [2.05, 4.69) is 10.1 Å². The summed E-state index contributed by atoms with van der Waals surface area (Å²) in [6.45, 7) is 5.67. The lowest BCUT2D eigenvalue weighted by atomic mass is 10.2. The topological polar surface area (TPSA) is 81.2 Å². The molecule has 0 aliphatic rings. The van der Waals surface area contributed by atoms with Crippen molar-refractivity contribution >= 4 is 9.84 Å². The first-order valence-electron chi connectivity index (χ1n) is 9.34. The molecule has 1 unspecified atom stereocenters. The summed E-state index contributed by atoms with van der Waals surface area (Å²) in [6.07, 6.45) is 3.05. The highest BCUT2D eigenvalue weighted by Gasteiger charge is 2.28. The Hall–Kier alpha value is -2.52. The summed E-state index contributed by atoms with van der Waals surface area (Å²) in [5.74, 6) is -0.385. The van der Waals surface area contributed by atoms with Crippen LogP contribution in [0.1, 0.15) is 43.8 Å². The molecule has 0 amide bonds. The molecule has 1 atom stereocenters. The number of hydrogen-bond acceptors (Lipinski definition) is 6. The van der Waals surface area contributed by atoms with Gasteiger partial charge in [0.2, 0.25) is 15.0 Å². The van der Waals surface area contributed by atoms with Gasteiger partial charge in [0.15, 0.2) is 0 Å². The van der Waals surface area contributed by atoms with E-state index in [9.17, 15) is 12.8 Å². The number of sulfone groups is 1. The maximum Gasteiger partial charge on any atom is 0.228 e. The van der Waals surface area contributed by atoms with E-state index in [-0.39, 0.29) is 23.6 Å². The van der Waals surface area contributed by atoms with Gasteiger partial charge in [0.05, 0.1) is 29.7 Å². The number of rotatable bonds is 8. The fourth-order valence-corrected chi connectivity index (χ4v) is 4.09. The van der Waals surface area contributed by atoms with Crippen molar-refractivity contribution in [3.63, 3.8) is 0 Å². The summed E-state index contributed by atoms with van der Waals surface area (Å²) >= 11 is 0. The highest BCUT2D eigenvalue weighted by Crippen LogP contribution is 2.23. The molecule has 0 aliphatic carbocycles. The van der Waals surface area contributed by atoms with Gasteiger partial charge >= 0.3 is 0 Å². The Morgan fingerprint density at radius 2 is 1.93 bits per heavy atom. The average molecular weight is 421 g/mol. The van der Waals surface area contributed by atoms with E-state index in [0.29, 0.717) is 17.8 Å². The Balaban J connectivity index is 1.98. The Morgan fingerprint density at radius 3 is 2.55 bits per heavy atom. The van der Waals surface area contributed by atoms with Gasteiger partial charge in [-0.3, -0.25) is 4.90 Å². The van der Waals surface area contributed by atoms with Crippen molar-refractivity contribution in [1.82, 2.24) is 19.6 Å². The highest BCUT2D eigenvalue weighted by molar-refractivity contribution is 7.91. The molecule has 0 radical (unpaired) electrons. The predicted molar refractivity (Wildman–Crippen MR) is 106 cm³/mol. The average Bonchev–Trinajstić information content (AvgIpc) is 3.33. The fourth-order valence-electron chi connectivity index (χ4n) is 2.98. The van der Waals surface area contributed by atoms with Crippen LogP contribution < -0.4 is 0 Å². The monoisotopic (exact) mass is 420 g/mol. The van der Waals surface area contributed by atoms with Crippen LogP contribution in [0.25, 0.3) is 0 Å². The Kier molecular flexibility index (Phi) is 6.18. The SMILES string of the molecule is CC(c1ccon1)N(C)Cc1cnc(S(=O)(=O)C(C)C)n1Cc1ccccc1F. The van der Waals surface area contributed by atoms with Crippen molar-refractivity contribution < 1.29 is 17.3 Å². The zero-order chi connectivity index (χ0) is 21.2. The van der Waals surface area contributed by atoms with Gasteiger partial charge in [-0.25, -0.2) is 17.8 Å². The van der Waals surface area contributed by atoms with Crippen molar-refractivity contribution in [1.29, 1.82) is 0 Å². The summed E-state index contributed by atoms with van der Waals surface area (Å²) in [5, 5.41) is 3.28. The van der Waals surface area contributed by atoms with Crippen LogP contribution in [-0.2, 0) is 22.9 Å². The Labute approximate surface area is 170 Å². The molecule has 2 aromatic heterocycles. The number of imidazole rings is 1. The van der Waals surface area contributed by atoms with Gasteiger partial charge in [0.25, 0.3) is 0 Å². The third kappa shape index (κ3) is 4.40. The molecule has 7 nitrogen and oxygen atoms in total. The Bertz CT molecular complexity index is 1060. The fraction of sp³-hybridized carbons (Fsp3) is 0.400. The summed E-state index contributed by atoms with van der Waals surface area (Å²) in [5.41, 5.74) is 1.84. The third-order valence-corrected chi connectivity index (χ3v) is 7.10. The van der Waals surface area contributed by atoms with Gasteiger partial charge in [-0.15, -0.1) is 0 Å². The second kappa shape index (κ2) is 8.46. The van der Waals surface area contributed by atoms with Gasteiger partial charge < -0.3 is 9.09 Å². The summed E-state index contributed by atoms with van der Waals surface area (Å²) in [4.78, 5) is 6.20. The van der Waals surface area contributed by atoms with E-state index in [0.717, 1.165) is 5.69 Å².